The molecule has 0 saturated heterocycles. The van der Waals surface area contributed by atoms with Crippen LogP contribution in [0.2, 0.25) is 0 Å². The van der Waals surface area contributed by atoms with Gasteiger partial charge in [-0.25, -0.2) is 9.59 Å². The summed E-state index contributed by atoms with van der Waals surface area (Å²) in [5, 5.41) is 0. The molecule has 0 aromatic carbocycles. The van der Waals surface area contributed by atoms with Crippen molar-refractivity contribution in [3.05, 3.63) is 12.2 Å². The van der Waals surface area contributed by atoms with Gasteiger partial charge in [0.2, 0.25) is 0 Å². The zero-order valence-corrected chi connectivity index (χ0v) is 10.6. The molecule has 0 N–H and O–H groups in total. The fraction of sp³-hybridized carbons (Fsp3) is 0.583. The van der Waals surface area contributed by atoms with E-state index in [-0.39, 0.29) is 0 Å². The molecule has 1 rings (SSSR count). The van der Waals surface area contributed by atoms with Gasteiger partial charge in [0.05, 0.1) is 14.2 Å². The molecule has 0 spiro atoms. The summed E-state index contributed by atoms with van der Waals surface area (Å²) in [5.74, 6) is -3.17. The molecular formula is C12H16O6. The largest absolute Gasteiger partial charge is 0.466 e. The first-order chi connectivity index (χ1) is 8.48. The molecule has 100 valence electrons. The molecule has 0 amide bonds. The molecule has 0 aliphatic heterocycles. The van der Waals surface area contributed by atoms with Crippen LogP contribution in [0.1, 0.15) is 19.8 Å². The first-order valence-corrected chi connectivity index (χ1v) is 5.52. The van der Waals surface area contributed by atoms with Gasteiger partial charge < -0.3 is 14.2 Å². The lowest BCUT2D eigenvalue weighted by molar-refractivity contribution is -0.198. The van der Waals surface area contributed by atoms with Crippen molar-refractivity contribution in [2.75, 3.05) is 14.2 Å². The van der Waals surface area contributed by atoms with Crippen molar-refractivity contribution in [1.82, 2.24) is 0 Å². The lowest BCUT2D eigenvalue weighted by Gasteiger charge is -2.31. The Hall–Kier alpha value is -1.85. The van der Waals surface area contributed by atoms with Crippen LogP contribution in [0.15, 0.2) is 12.2 Å². The van der Waals surface area contributed by atoms with E-state index in [2.05, 4.69) is 9.47 Å². The Bertz CT molecular complexity index is 368. The highest BCUT2D eigenvalue weighted by atomic mass is 16.6. The zero-order valence-electron chi connectivity index (χ0n) is 10.6. The molecule has 0 heterocycles. The average Bonchev–Trinajstić information content (AvgIpc) is 2.87. The maximum atomic E-state index is 11.9. The molecule has 0 saturated carbocycles. The second-order valence-electron chi connectivity index (χ2n) is 3.92. The van der Waals surface area contributed by atoms with Crippen LogP contribution in [-0.4, -0.2) is 37.7 Å². The van der Waals surface area contributed by atoms with Crippen LogP contribution in [0.4, 0.5) is 0 Å². The van der Waals surface area contributed by atoms with Crippen LogP contribution in [-0.2, 0) is 28.6 Å². The SMILES string of the molecule is COC(=O)C(OC(C)=O)(C(=O)OC)[C@H]1C=CCC1. The van der Waals surface area contributed by atoms with Gasteiger partial charge in [-0.3, -0.25) is 4.79 Å². The third-order valence-electron chi connectivity index (χ3n) is 2.82. The van der Waals surface area contributed by atoms with Crippen LogP contribution >= 0.6 is 0 Å². The van der Waals surface area contributed by atoms with Gasteiger partial charge in [0, 0.05) is 12.8 Å². The van der Waals surface area contributed by atoms with Crippen molar-refractivity contribution in [3.8, 4) is 0 Å². The second-order valence-corrected chi connectivity index (χ2v) is 3.92. The summed E-state index contributed by atoms with van der Waals surface area (Å²) < 4.78 is 14.2. The number of allylic oxidation sites excluding steroid dienone is 1. The molecule has 18 heavy (non-hydrogen) atoms. The van der Waals surface area contributed by atoms with E-state index in [9.17, 15) is 14.4 Å². The van der Waals surface area contributed by atoms with Gasteiger partial charge in [-0.2, -0.15) is 0 Å². The minimum Gasteiger partial charge on any atom is -0.466 e. The Balaban J connectivity index is 3.23. The topological polar surface area (TPSA) is 78.9 Å². The molecule has 1 aliphatic carbocycles. The predicted octanol–water partition coefficient (Wildman–Crippen LogP) is 0.600. The van der Waals surface area contributed by atoms with Crippen molar-refractivity contribution in [3.63, 3.8) is 0 Å². The van der Waals surface area contributed by atoms with Crippen molar-refractivity contribution in [1.29, 1.82) is 0 Å². The highest BCUT2D eigenvalue weighted by Crippen LogP contribution is 2.34. The van der Waals surface area contributed by atoms with Crippen molar-refractivity contribution in [2.45, 2.75) is 25.4 Å². The first kappa shape index (κ1) is 14.2. The van der Waals surface area contributed by atoms with E-state index < -0.39 is 29.4 Å². The van der Waals surface area contributed by atoms with E-state index in [4.69, 9.17) is 4.74 Å². The Labute approximate surface area is 105 Å². The van der Waals surface area contributed by atoms with E-state index in [1.54, 1.807) is 6.08 Å². The summed E-state index contributed by atoms with van der Waals surface area (Å²) in [5.41, 5.74) is -2.04. The molecular weight excluding hydrogens is 240 g/mol. The fourth-order valence-electron chi connectivity index (χ4n) is 2.05. The highest BCUT2D eigenvalue weighted by Gasteiger charge is 2.57. The number of rotatable bonds is 4. The Morgan fingerprint density at radius 3 is 2.06 bits per heavy atom. The number of ether oxygens (including phenoxy) is 3. The van der Waals surface area contributed by atoms with Gasteiger partial charge >= 0.3 is 23.5 Å². The smallest absolute Gasteiger partial charge is 0.362 e. The third-order valence-corrected chi connectivity index (χ3v) is 2.82. The van der Waals surface area contributed by atoms with Crippen LogP contribution in [0.3, 0.4) is 0 Å². The van der Waals surface area contributed by atoms with Crippen LogP contribution < -0.4 is 0 Å². The normalized spacial score (nSPS) is 18.3. The van der Waals surface area contributed by atoms with Crippen LogP contribution in [0.25, 0.3) is 0 Å². The molecule has 0 radical (unpaired) electrons. The molecule has 0 aromatic rings. The monoisotopic (exact) mass is 256 g/mol. The summed E-state index contributed by atoms with van der Waals surface area (Å²) in [6, 6.07) is 0. The molecule has 0 aromatic heterocycles. The quantitative estimate of drug-likeness (QED) is 0.317. The van der Waals surface area contributed by atoms with Crippen molar-refractivity contribution >= 4 is 17.9 Å². The summed E-state index contributed by atoms with van der Waals surface area (Å²) >= 11 is 0. The number of methoxy groups -OCH3 is 2. The van der Waals surface area contributed by atoms with E-state index in [0.717, 1.165) is 21.1 Å². The van der Waals surface area contributed by atoms with Gasteiger partial charge in [-0.1, -0.05) is 12.2 Å². The summed E-state index contributed by atoms with van der Waals surface area (Å²) in [6.07, 6.45) is 4.69. The summed E-state index contributed by atoms with van der Waals surface area (Å²) in [4.78, 5) is 35.0. The third kappa shape index (κ3) is 2.37. The predicted molar refractivity (Wildman–Crippen MR) is 60.4 cm³/mol. The number of esters is 3. The van der Waals surface area contributed by atoms with Gasteiger partial charge in [0.15, 0.2) is 0 Å². The molecule has 0 fully saturated rings. The Morgan fingerprint density at radius 2 is 1.72 bits per heavy atom. The number of carbonyl (C=O) groups is 3. The minimum atomic E-state index is -2.04. The number of hydrogen-bond acceptors (Lipinski definition) is 6. The maximum Gasteiger partial charge on any atom is 0.362 e. The van der Waals surface area contributed by atoms with Crippen LogP contribution in [0.5, 0.6) is 0 Å². The summed E-state index contributed by atoms with van der Waals surface area (Å²) in [7, 11) is 2.25. The standard InChI is InChI=1S/C12H16O6/c1-8(13)18-12(10(14)16-2,11(15)17-3)9-6-4-5-7-9/h4,6,9H,5,7H2,1-3H3/t9-/m0/s1. The second kappa shape index (κ2) is 5.66. The van der Waals surface area contributed by atoms with Gasteiger partial charge in [-0.05, 0) is 12.8 Å². The summed E-state index contributed by atoms with van der Waals surface area (Å²) in [6.45, 7) is 1.12. The van der Waals surface area contributed by atoms with E-state index in [1.165, 1.54) is 0 Å². The Kier molecular flexibility index (Phi) is 4.47. The minimum absolute atomic E-state index is 0.511. The fourth-order valence-corrected chi connectivity index (χ4v) is 2.05. The van der Waals surface area contributed by atoms with Crippen molar-refractivity contribution in [2.24, 2.45) is 5.92 Å². The molecule has 0 bridgehead atoms. The van der Waals surface area contributed by atoms with E-state index >= 15 is 0 Å². The lowest BCUT2D eigenvalue weighted by atomic mass is 9.86. The lowest BCUT2D eigenvalue weighted by Crippen LogP contribution is -2.56. The first-order valence-electron chi connectivity index (χ1n) is 5.52. The van der Waals surface area contributed by atoms with E-state index in [0.29, 0.717) is 12.8 Å². The van der Waals surface area contributed by atoms with Gasteiger partial charge in [-0.15, -0.1) is 0 Å². The van der Waals surface area contributed by atoms with E-state index in [1.807, 2.05) is 6.08 Å². The van der Waals surface area contributed by atoms with Crippen molar-refractivity contribution < 1.29 is 28.6 Å². The molecule has 1 aliphatic rings. The highest BCUT2D eigenvalue weighted by molar-refractivity contribution is 6.05. The molecule has 0 unspecified atom stereocenters. The molecule has 1 atom stereocenters. The molecule has 6 nitrogen and oxygen atoms in total. The van der Waals surface area contributed by atoms with Gasteiger partial charge in [0.1, 0.15) is 0 Å². The Morgan fingerprint density at radius 1 is 1.17 bits per heavy atom. The molecule has 6 heteroatoms. The van der Waals surface area contributed by atoms with Crippen LogP contribution in [0, 0.1) is 5.92 Å². The number of hydrogen-bond donors (Lipinski definition) is 0. The maximum absolute atomic E-state index is 11.9. The zero-order chi connectivity index (χ0) is 13.8. The number of carbonyl (C=O) groups excluding carboxylic acids is 3. The average molecular weight is 256 g/mol. The van der Waals surface area contributed by atoms with Gasteiger partial charge in [0.25, 0.3) is 0 Å².